The van der Waals surface area contributed by atoms with E-state index in [1.165, 1.54) is 42.4 Å². The van der Waals surface area contributed by atoms with Gasteiger partial charge in [-0.25, -0.2) is 9.37 Å². The molecule has 2 aromatic rings. The molecule has 1 aromatic carbocycles. The number of anilines is 1. The summed E-state index contributed by atoms with van der Waals surface area (Å²) in [6, 6.07) is 5.59. The minimum atomic E-state index is -0.334. The van der Waals surface area contributed by atoms with Crippen molar-refractivity contribution < 1.29 is 9.18 Å². The van der Waals surface area contributed by atoms with Gasteiger partial charge in [0.1, 0.15) is 12.1 Å². The zero-order valence-corrected chi connectivity index (χ0v) is 9.50. The lowest BCUT2D eigenvalue weighted by atomic mass is 10.3. The van der Waals surface area contributed by atoms with E-state index in [4.69, 9.17) is 0 Å². The second-order valence-electron chi connectivity index (χ2n) is 3.13. The van der Waals surface area contributed by atoms with Gasteiger partial charge in [-0.1, -0.05) is 11.8 Å². The predicted octanol–water partition coefficient (Wildman–Crippen LogP) is 1.67. The fourth-order valence-corrected chi connectivity index (χ4v) is 1.71. The van der Waals surface area contributed by atoms with Gasteiger partial charge in [-0.2, -0.15) is 5.10 Å². The molecule has 0 aliphatic heterocycles. The number of carbonyl (C=O) groups is 1. The van der Waals surface area contributed by atoms with Crippen LogP contribution >= 0.6 is 11.8 Å². The van der Waals surface area contributed by atoms with Crippen LogP contribution in [0.2, 0.25) is 0 Å². The van der Waals surface area contributed by atoms with Crippen LogP contribution in [0.5, 0.6) is 0 Å². The molecule has 0 aliphatic rings. The number of aromatic amines is 1. The molecule has 2 N–H and O–H groups in total. The first kappa shape index (κ1) is 11.6. The maximum absolute atomic E-state index is 12.6. The summed E-state index contributed by atoms with van der Waals surface area (Å²) < 4.78 is 12.6. The SMILES string of the molecule is O=C(CSc1ncn[nH]1)Nc1ccc(F)cc1. The zero-order chi connectivity index (χ0) is 12.1. The fraction of sp³-hybridized carbons (Fsp3) is 0.100. The van der Waals surface area contributed by atoms with Crippen LogP contribution in [0.1, 0.15) is 0 Å². The number of rotatable bonds is 4. The van der Waals surface area contributed by atoms with E-state index < -0.39 is 0 Å². The summed E-state index contributed by atoms with van der Waals surface area (Å²) in [6.07, 6.45) is 1.38. The number of benzene rings is 1. The second kappa shape index (κ2) is 5.44. The normalized spacial score (nSPS) is 10.2. The van der Waals surface area contributed by atoms with Crippen LogP contribution in [0.3, 0.4) is 0 Å². The van der Waals surface area contributed by atoms with Crippen LogP contribution in [0.15, 0.2) is 35.7 Å². The third kappa shape index (κ3) is 3.56. The highest BCUT2D eigenvalue weighted by Crippen LogP contribution is 2.12. The van der Waals surface area contributed by atoms with E-state index in [1.54, 1.807) is 0 Å². The Hall–Kier alpha value is -1.89. The van der Waals surface area contributed by atoms with Gasteiger partial charge < -0.3 is 5.32 Å². The van der Waals surface area contributed by atoms with Crippen molar-refractivity contribution in [1.29, 1.82) is 0 Å². The van der Waals surface area contributed by atoms with Crippen molar-refractivity contribution in [2.75, 3.05) is 11.1 Å². The van der Waals surface area contributed by atoms with Gasteiger partial charge in [0.25, 0.3) is 0 Å². The molecule has 0 spiro atoms. The summed E-state index contributed by atoms with van der Waals surface area (Å²) in [5.74, 6) is -0.302. The topological polar surface area (TPSA) is 70.7 Å². The molecule has 88 valence electrons. The van der Waals surface area contributed by atoms with Crippen molar-refractivity contribution in [2.24, 2.45) is 0 Å². The highest BCUT2D eigenvalue weighted by atomic mass is 32.2. The molecule has 7 heteroatoms. The van der Waals surface area contributed by atoms with E-state index in [9.17, 15) is 9.18 Å². The minimum absolute atomic E-state index is 0.182. The van der Waals surface area contributed by atoms with E-state index in [0.717, 1.165) is 0 Å². The number of halogens is 1. The fourth-order valence-electron chi connectivity index (χ4n) is 1.13. The molecule has 0 bridgehead atoms. The Morgan fingerprint density at radius 2 is 2.18 bits per heavy atom. The Balaban J connectivity index is 1.83. The average molecular weight is 252 g/mol. The van der Waals surface area contributed by atoms with E-state index in [-0.39, 0.29) is 17.5 Å². The first-order valence-electron chi connectivity index (χ1n) is 4.77. The highest BCUT2D eigenvalue weighted by Gasteiger charge is 2.05. The smallest absolute Gasteiger partial charge is 0.234 e. The predicted molar refractivity (Wildman–Crippen MR) is 62.1 cm³/mol. The Labute approximate surface area is 101 Å². The molecule has 0 atom stereocenters. The lowest BCUT2D eigenvalue weighted by Crippen LogP contribution is -2.14. The van der Waals surface area contributed by atoms with Crippen LogP contribution in [-0.4, -0.2) is 26.8 Å². The molecular formula is C10H9FN4OS. The zero-order valence-electron chi connectivity index (χ0n) is 8.68. The van der Waals surface area contributed by atoms with Crippen LogP contribution < -0.4 is 5.32 Å². The Morgan fingerprint density at radius 3 is 2.82 bits per heavy atom. The molecule has 0 radical (unpaired) electrons. The number of nitrogens with one attached hydrogen (secondary N) is 2. The lowest BCUT2D eigenvalue weighted by Gasteiger charge is -2.03. The summed E-state index contributed by atoms with van der Waals surface area (Å²) in [4.78, 5) is 15.4. The van der Waals surface area contributed by atoms with Crippen molar-refractivity contribution in [3.05, 3.63) is 36.4 Å². The summed E-state index contributed by atoms with van der Waals surface area (Å²) in [7, 11) is 0. The van der Waals surface area contributed by atoms with Crippen molar-refractivity contribution in [1.82, 2.24) is 15.2 Å². The van der Waals surface area contributed by atoms with Crippen molar-refractivity contribution in [3.8, 4) is 0 Å². The third-order valence-electron chi connectivity index (χ3n) is 1.86. The Bertz CT molecular complexity index is 486. The molecule has 0 fully saturated rings. The quantitative estimate of drug-likeness (QED) is 0.812. The summed E-state index contributed by atoms with van der Waals surface area (Å²) in [5.41, 5.74) is 0.564. The van der Waals surface area contributed by atoms with Gasteiger partial charge in [-0.15, -0.1) is 0 Å². The van der Waals surface area contributed by atoms with Crippen molar-refractivity contribution >= 4 is 23.4 Å². The van der Waals surface area contributed by atoms with E-state index in [1.807, 2.05) is 0 Å². The van der Waals surface area contributed by atoms with Crippen molar-refractivity contribution in [2.45, 2.75) is 5.16 Å². The summed E-state index contributed by atoms with van der Waals surface area (Å²) >= 11 is 1.24. The standard InChI is InChI=1S/C10H9FN4OS/c11-7-1-3-8(4-2-7)14-9(16)5-17-10-12-6-13-15-10/h1-4,6H,5H2,(H,14,16)(H,12,13,15). The molecule has 5 nitrogen and oxygen atoms in total. The van der Waals surface area contributed by atoms with Gasteiger partial charge in [-0.05, 0) is 24.3 Å². The second-order valence-corrected chi connectivity index (χ2v) is 4.10. The number of amides is 1. The number of thioether (sulfide) groups is 1. The third-order valence-corrected chi connectivity index (χ3v) is 2.74. The first-order chi connectivity index (χ1) is 8.24. The molecule has 0 saturated heterocycles. The minimum Gasteiger partial charge on any atom is -0.325 e. The number of hydrogen-bond donors (Lipinski definition) is 2. The number of carbonyl (C=O) groups excluding carboxylic acids is 1. The molecule has 2 rings (SSSR count). The van der Waals surface area contributed by atoms with Gasteiger partial charge in [0.15, 0.2) is 5.16 Å². The molecular weight excluding hydrogens is 243 g/mol. The van der Waals surface area contributed by atoms with E-state index >= 15 is 0 Å². The van der Waals surface area contributed by atoms with E-state index in [0.29, 0.717) is 10.8 Å². The van der Waals surface area contributed by atoms with Crippen molar-refractivity contribution in [3.63, 3.8) is 0 Å². The first-order valence-corrected chi connectivity index (χ1v) is 5.76. The van der Waals surface area contributed by atoms with Crippen LogP contribution in [0, 0.1) is 5.82 Å². The Kier molecular flexibility index (Phi) is 3.71. The lowest BCUT2D eigenvalue weighted by molar-refractivity contribution is -0.113. The van der Waals surface area contributed by atoms with Gasteiger partial charge in [0.05, 0.1) is 5.75 Å². The maximum Gasteiger partial charge on any atom is 0.234 e. The van der Waals surface area contributed by atoms with Gasteiger partial charge in [0, 0.05) is 5.69 Å². The number of hydrogen-bond acceptors (Lipinski definition) is 4. The average Bonchev–Trinajstić information content (AvgIpc) is 2.83. The summed E-state index contributed by atoms with van der Waals surface area (Å²) in [6.45, 7) is 0. The number of nitrogens with zero attached hydrogens (tertiary/aromatic N) is 2. The van der Waals surface area contributed by atoms with Crippen LogP contribution in [-0.2, 0) is 4.79 Å². The molecule has 1 heterocycles. The highest BCUT2D eigenvalue weighted by molar-refractivity contribution is 7.99. The molecule has 0 aliphatic carbocycles. The molecule has 0 saturated carbocycles. The van der Waals surface area contributed by atoms with Gasteiger partial charge >= 0.3 is 0 Å². The molecule has 1 aromatic heterocycles. The number of aromatic nitrogens is 3. The molecule has 17 heavy (non-hydrogen) atoms. The van der Waals surface area contributed by atoms with E-state index in [2.05, 4.69) is 20.5 Å². The summed E-state index contributed by atoms with van der Waals surface area (Å²) in [5, 5.41) is 9.53. The monoisotopic (exact) mass is 252 g/mol. The van der Waals surface area contributed by atoms with Crippen LogP contribution in [0.25, 0.3) is 0 Å². The van der Waals surface area contributed by atoms with Gasteiger partial charge in [-0.3, -0.25) is 9.89 Å². The maximum atomic E-state index is 12.6. The Morgan fingerprint density at radius 1 is 1.41 bits per heavy atom. The van der Waals surface area contributed by atoms with Gasteiger partial charge in [0.2, 0.25) is 5.91 Å². The molecule has 0 unspecified atom stereocenters. The largest absolute Gasteiger partial charge is 0.325 e. The number of H-pyrrole nitrogens is 1. The van der Waals surface area contributed by atoms with Crippen LogP contribution in [0.4, 0.5) is 10.1 Å². The molecule has 1 amide bonds.